The Morgan fingerprint density at radius 3 is 2.89 bits per heavy atom. The number of H-pyrrole nitrogens is 1. The third-order valence-corrected chi connectivity index (χ3v) is 4.04. The molecule has 19 heavy (non-hydrogen) atoms. The van der Waals surface area contributed by atoms with E-state index in [1.165, 1.54) is 0 Å². The first-order chi connectivity index (χ1) is 8.93. The number of nitrogens with one attached hydrogen (secondary N) is 2. The molecule has 1 atom stereocenters. The van der Waals surface area contributed by atoms with Crippen molar-refractivity contribution in [1.29, 1.82) is 0 Å². The molecule has 1 aliphatic heterocycles. The molecule has 0 radical (unpaired) electrons. The zero-order chi connectivity index (χ0) is 14.0. The quantitative estimate of drug-likeness (QED) is 0.822. The van der Waals surface area contributed by atoms with Gasteiger partial charge in [-0.05, 0) is 19.9 Å². The lowest BCUT2D eigenvalue weighted by atomic mass is 9.88. The van der Waals surface area contributed by atoms with Gasteiger partial charge in [0.25, 0.3) is 0 Å². The molecule has 1 aromatic heterocycles. The summed E-state index contributed by atoms with van der Waals surface area (Å²) >= 11 is 0. The minimum absolute atomic E-state index is 0.0266. The number of nitrogens with zero attached hydrogens (tertiary/aromatic N) is 2. The summed E-state index contributed by atoms with van der Waals surface area (Å²) in [6, 6.07) is 1.88. The maximum Gasteiger partial charge on any atom is 0.226 e. The fraction of sp³-hybridized carbons (Fsp3) is 0.615. The van der Waals surface area contributed by atoms with E-state index in [0.29, 0.717) is 19.4 Å². The number of aromatic nitrogens is 2. The van der Waals surface area contributed by atoms with Gasteiger partial charge in [0.05, 0.1) is 5.92 Å². The number of likely N-dealkylation sites (tertiary alicyclic amines) is 1. The molecule has 1 aromatic rings. The Labute approximate surface area is 112 Å². The van der Waals surface area contributed by atoms with Crippen molar-refractivity contribution < 1.29 is 9.59 Å². The van der Waals surface area contributed by atoms with E-state index < -0.39 is 5.54 Å². The fourth-order valence-corrected chi connectivity index (χ4v) is 2.40. The van der Waals surface area contributed by atoms with E-state index in [-0.39, 0.29) is 17.7 Å². The van der Waals surface area contributed by atoms with Crippen LogP contribution < -0.4 is 5.32 Å². The van der Waals surface area contributed by atoms with Gasteiger partial charge in [0.2, 0.25) is 11.8 Å². The molecule has 6 nitrogen and oxygen atoms in total. The van der Waals surface area contributed by atoms with Crippen LogP contribution in [0.3, 0.4) is 0 Å². The van der Waals surface area contributed by atoms with Crippen molar-refractivity contribution in [3.8, 4) is 0 Å². The highest BCUT2D eigenvalue weighted by atomic mass is 16.2. The molecule has 2 heterocycles. The largest absolute Gasteiger partial charge is 0.355 e. The van der Waals surface area contributed by atoms with E-state index in [4.69, 9.17) is 0 Å². The van der Waals surface area contributed by atoms with Gasteiger partial charge in [-0.2, -0.15) is 5.10 Å². The molecule has 1 aliphatic rings. The third-order valence-electron chi connectivity index (χ3n) is 4.04. The first kappa shape index (κ1) is 13.6. The average Bonchev–Trinajstić information content (AvgIpc) is 2.93. The maximum atomic E-state index is 12.2. The van der Waals surface area contributed by atoms with E-state index in [0.717, 1.165) is 5.69 Å². The molecule has 0 spiro atoms. The van der Waals surface area contributed by atoms with Crippen molar-refractivity contribution in [3.05, 3.63) is 18.0 Å². The highest BCUT2D eigenvalue weighted by Crippen LogP contribution is 2.34. The standard InChI is InChI=1S/C13H20N4O2/c1-13(2)10(8-11(18)17(13)3)12(19)14-6-4-9-5-7-15-16-9/h5,7,10H,4,6,8H2,1-3H3,(H,14,19)(H,15,16). The molecular weight excluding hydrogens is 244 g/mol. The van der Waals surface area contributed by atoms with Gasteiger partial charge >= 0.3 is 0 Å². The van der Waals surface area contributed by atoms with Crippen molar-refractivity contribution >= 4 is 11.8 Å². The second-order valence-electron chi connectivity index (χ2n) is 5.49. The van der Waals surface area contributed by atoms with Crippen LogP contribution in [0.2, 0.25) is 0 Å². The fourth-order valence-electron chi connectivity index (χ4n) is 2.40. The lowest BCUT2D eigenvalue weighted by Crippen LogP contribution is -2.47. The maximum absolute atomic E-state index is 12.2. The van der Waals surface area contributed by atoms with Crippen molar-refractivity contribution in [3.63, 3.8) is 0 Å². The predicted octanol–water partition coefficient (Wildman–Crippen LogP) is 0.325. The molecular formula is C13H20N4O2. The van der Waals surface area contributed by atoms with E-state index in [1.807, 2.05) is 19.9 Å². The van der Waals surface area contributed by atoms with Crippen molar-refractivity contribution in [2.24, 2.45) is 5.92 Å². The topological polar surface area (TPSA) is 78.1 Å². The smallest absolute Gasteiger partial charge is 0.226 e. The van der Waals surface area contributed by atoms with Gasteiger partial charge in [0.15, 0.2) is 0 Å². The van der Waals surface area contributed by atoms with Gasteiger partial charge in [-0.1, -0.05) is 0 Å². The first-order valence-electron chi connectivity index (χ1n) is 6.45. The minimum Gasteiger partial charge on any atom is -0.355 e. The second kappa shape index (κ2) is 5.03. The lowest BCUT2D eigenvalue weighted by molar-refractivity contribution is -0.128. The molecule has 1 saturated heterocycles. The zero-order valence-corrected chi connectivity index (χ0v) is 11.6. The number of amides is 2. The minimum atomic E-state index is -0.421. The Morgan fingerprint density at radius 1 is 1.63 bits per heavy atom. The Bertz CT molecular complexity index is 467. The van der Waals surface area contributed by atoms with Gasteiger partial charge in [0, 0.05) is 43.9 Å². The molecule has 104 valence electrons. The van der Waals surface area contributed by atoms with Crippen molar-refractivity contribution in [1.82, 2.24) is 20.4 Å². The summed E-state index contributed by atoms with van der Waals surface area (Å²) in [5.74, 6) is -0.312. The zero-order valence-electron chi connectivity index (χ0n) is 11.6. The highest BCUT2D eigenvalue weighted by molar-refractivity contribution is 5.90. The van der Waals surface area contributed by atoms with Crippen LogP contribution in [0.5, 0.6) is 0 Å². The molecule has 1 fully saturated rings. The highest BCUT2D eigenvalue weighted by Gasteiger charge is 2.47. The Hall–Kier alpha value is -1.85. The summed E-state index contributed by atoms with van der Waals surface area (Å²) < 4.78 is 0. The number of hydrogen-bond acceptors (Lipinski definition) is 3. The molecule has 2 amide bonds. The normalized spacial score (nSPS) is 21.7. The van der Waals surface area contributed by atoms with Crippen LogP contribution in [0.25, 0.3) is 0 Å². The molecule has 2 rings (SSSR count). The lowest BCUT2D eigenvalue weighted by Gasteiger charge is -2.32. The number of rotatable bonds is 4. The third kappa shape index (κ3) is 2.62. The number of carbonyl (C=O) groups excluding carboxylic acids is 2. The molecule has 2 N–H and O–H groups in total. The molecule has 0 aromatic carbocycles. The summed E-state index contributed by atoms with van der Waals surface area (Å²) in [6.45, 7) is 4.40. The van der Waals surface area contributed by atoms with Crippen LogP contribution in [0.4, 0.5) is 0 Å². The molecule has 6 heteroatoms. The molecule has 0 bridgehead atoms. The van der Waals surface area contributed by atoms with E-state index >= 15 is 0 Å². The van der Waals surface area contributed by atoms with Crippen LogP contribution in [-0.2, 0) is 16.0 Å². The van der Waals surface area contributed by atoms with Crippen LogP contribution in [0, 0.1) is 5.92 Å². The van der Waals surface area contributed by atoms with E-state index in [9.17, 15) is 9.59 Å². The predicted molar refractivity (Wildman–Crippen MR) is 70.3 cm³/mol. The van der Waals surface area contributed by atoms with Gasteiger partial charge in [-0.25, -0.2) is 0 Å². The Kier molecular flexibility index (Phi) is 3.59. The monoisotopic (exact) mass is 264 g/mol. The average molecular weight is 264 g/mol. The van der Waals surface area contributed by atoms with E-state index in [2.05, 4.69) is 15.5 Å². The van der Waals surface area contributed by atoms with Gasteiger partial charge in [-0.3, -0.25) is 14.7 Å². The van der Waals surface area contributed by atoms with Gasteiger partial charge < -0.3 is 10.2 Å². The summed E-state index contributed by atoms with van der Waals surface area (Å²) in [4.78, 5) is 25.5. The Morgan fingerprint density at radius 2 is 2.37 bits per heavy atom. The SMILES string of the molecule is CN1C(=O)CC(C(=O)NCCc2ccn[nH]2)C1(C)C. The Balaban J connectivity index is 1.88. The van der Waals surface area contributed by atoms with Crippen molar-refractivity contribution in [2.75, 3.05) is 13.6 Å². The van der Waals surface area contributed by atoms with Crippen molar-refractivity contribution in [2.45, 2.75) is 32.2 Å². The van der Waals surface area contributed by atoms with E-state index in [1.54, 1.807) is 18.1 Å². The number of hydrogen-bond donors (Lipinski definition) is 2. The van der Waals surface area contributed by atoms with Gasteiger partial charge in [-0.15, -0.1) is 0 Å². The van der Waals surface area contributed by atoms with Crippen LogP contribution in [0.1, 0.15) is 26.0 Å². The van der Waals surface area contributed by atoms with Crippen LogP contribution >= 0.6 is 0 Å². The van der Waals surface area contributed by atoms with Crippen LogP contribution in [-0.4, -0.2) is 46.0 Å². The summed E-state index contributed by atoms with van der Waals surface area (Å²) in [6.07, 6.45) is 2.69. The van der Waals surface area contributed by atoms with Crippen LogP contribution in [0.15, 0.2) is 12.3 Å². The number of aromatic amines is 1. The molecule has 1 unspecified atom stereocenters. The molecule has 0 aliphatic carbocycles. The summed E-state index contributed by atoms with van der Waals surface area (Å²) in [5.41, 5.74) is 0.564. The summed E-state index contributed by atoms with van der Waals surface area (Å²) in [5, 5.41) is 9.59. The van der Waals surface area contributed by atoms with Gasteiger partial charge in [0.1, 0.15) is 0 Å². The number of carbonyl (C=O) groups is 2. The summed E-state index contributed by atoms with van der Waals surface area (Å²) in [7, 11) is 1.75. The first-order valence-corrected chi connectivity index (χ1v) is 6.45. The molecule has 0 saturated carbocycles. The second-order valence-corrected chi connectivity index (χ2v) is 5.49.